The van der Waals surface area contributed by atoms with Crippen LogP contribution in [0.2, 0.25) is 5.02 Å². The largest absolute Gasteiger partial charge is 0.466 e. The minimum atomic E-state index is -0.0767. The van der Waals surface area contributed by atoms with Gasteiger partial charge in [-0.1, -0.05) is 60.1 Å². The molecule has 0 aliphatic rings. The van der Waals surface area contributed by atoms with E-state index >= 15 is 0 Å². The van der Waals surface area contributed by atoms with E-state index in [4.69, 9.17) is 21.1 Å². The van der Waals surface area contributed by atoms with Crippen molar-refractivity contribution in [3.05, 3.63) is 100 Å². The standard InChI is InChI=1S/C25H24ClN3O2/c1-17-13-22(18(2)31-17)25(30)28(3)14-21-16-29(15-20-11-7-8-12-23(20)26)27-24(21)19-9-5-4-6-10-19/h4-13,16H,14-15H2,1-3H3. The van der Waals surface area contributed by atoms with E-state index in [-0.39, 0.29) is 5.91 Å². The van der Waals surface area contributed by atoms with Gasteiger partial charge in [0.05, 0.1) is 17.8 Å². The average molecular weight is 434 g/mol. The predicted molar refractivity (Wildman–Crippen MR) is 122 cm³/mol. The summed E-state index contributed by atoms with van der Waals surface area (Å²) >= 11 is 6.35. The predicted octanol–water partition coefficient (Wildman–Crippen LogP) is 5.73. The van der Waals surface area contributed by atoms with Crippen LogP contribution in [0.25, 0.3) is 11.3 Å². The number of halogens is 1. The highest BCUT2D eigenvalue weighted by molar-refractivity contribution is 6.31. The van der Waals surface area contributed by atoms with E-state index in [1.54, 1.807) is 18.0 Å². The van der Waals surface area contributed by atoms with Gasteiger partial charge in [-0.2, -0.15) is 5.10 Å². The highest BCUT2D eigenvalue weighted by Gasteiger charge is 2.20. The molecule has 31 heavy (non-hydrogen) atoms. The molecule has 0 fully saturated rings. The van der Waals surface area contributed by atoms with Gasteiger partial charge in [0.25, 0.3) is 5.91 Å². The summed E-state index contributed by atoms with van der Waals surface area (Å²) in [7, 11) is 1.80. The first-order chi connectivity index (χ1) is 14.9. The zero-order chi connectivity index (χ0) is 22.0. The molecule has 5 nitrogen and oxygen atoms in total. The maximum Gasteiger partial charge on any atom is 0.257 e. The number of nitrogens with zero attached hydrogens (tertiary/aromatic N) is 3. The molecular weight excluding hydrogens is 410 g/mol. The molecule has 2 aromatic heterocycles. The van der Waals surface area contributed by atoms with E-state index in [9.17, 15) is 4.79 Å². The summed E-state index contributed by atoms with van der Waals surface area (Å²) < 4.78 is 7.41. The van der Waals surface area contributed by atoms with Crippen molar-refractivity contribution in [2.45, 2.75) is 26.9 Å². The fourth-order valence-corrected chi connectivity index (χ4v) is 3.87. The van der Waals surface area contributed by atoms with Gasteiger partial charge in [-0.05, 0) is 31.5 Å². The maximum absolute atomic E-state index is 13.0. The van der Waals surface area contributed by atoms with Gasteiger partial charge in [0.2, 0.25) is 0 Å². The first kappa shape index (κ1) is 20.9. The Hall–Kier alpha value is -3.31. The summed E-state index contributed by atoms with van der Waals surface area (Å²) in [6.45, 7) is 4.63. The highest BCUT2D eigenvalue weighted by atomic mass is 35.5. The molecule has 0 spiro atoms. The van der Waals surface area contributed by atoms with E-state index in [0.717, 1.165) is 28.1 Å². The molecule has 6 heteroatoms. The van der Waals surface area contributed by atoms with Gasteiger partial charge < -0.3 is 9.32 Å². The van der Waals surface area contributed by atoms with Crippen LogP contribution in [0.5, 0.6) is 0 Å². The van der Waals surface area contributed by atoms with Crippen LogP contribution in [0.4, 0.5) is 0 Å². The van der Waals surface area contributed by atoms with Crippen molar-refractivity contribution in [2.75, 3.05) is 7.05 Å². The lowest BCUT2D eigenvalue weighted by Gasteiger charge is -2.16. The number of hydrogen-bond acceptors (Lipinski definition) is 3. The second-order valence-electron chi connectivity index (χ2n) is 7.65. The molecule has 0 N–H and O–H groups in total. The number of aromatic nitrogens is 2. The molecule has 4 rings (SSSR count). The SMILES string of the molecule is Cc1cc(C(=O)N(C)Cc2cn(Cc3ccccc3Cl)nc2-c2ccccc2)c(C)o1. The maximum atomic E-state index is 13.0. The Labute approximate surface area is 186 Å². The Morgan fingerprint density at radius 3 is 2.45 bits per heavy atom. The van der Waals surface area contributed by atoms with Crippen LogP contribution in [0, 0.1) is 13.8 Å². The van der Waals surface area contributed by atoms with Crippen LogP contribution in [0.15, 0.2) is 71.3 Å². The van der Waals surface area contributed by atoms with Crippen molar-refractivity contribution in [2.24, 2.45) is 0 Å². The lowest BCUT2D eigenvalue weighted by atomic mass is 10.1. The van der Waals surface area contributed by atoms with Crippen LogP contribution in [0.1, 0.15) is 33.0 Å². The molecule has 0 saturated heterocycles. The number of hydrogen-bond donors (Lipinski definition) is 0. The van der Waals surface area contributed by atoms with Gasteiger partial charge in [-0.25, -0.2) is 0 Å². The Bertz CT molecular complexity index is 1210. The topological polar surface area (TPSA) is 51.3 Å². The zero-order valence-corrected chi connectivity index (χ0v) is 18.6. The molecule has 1 amide bonds. The van der Waals surface area contributed by atoms with Gasteiger partial charge in [0.1, 0.15) is 11.5 Å². The lowest BCUT2D eigenvalue weighted by Crippen LogP contribution is -2.26. The molecule has 0 saturated carbocycles. The van der Waals surface area contributed by atoms with Crippen molar-refractivity contribution in [1.82, 2.24) is 14.7 Å². The minimum absolute atomic E-state index is 0.0767. The Balaban J connectivity index is 1.65. The monoisotopic (exact) mass is 433 g/mol. The normalized spacial score (nSPS) is 11.0. The van der Waals surface area contributed by atoms with Crippen molar-refractivity contribution in [3.63, 3.8) is 0 Å². The number of amides is 1. The average Bonchev–Trinajstić information content (AvgIpc) is 3.31. The molecule has 0 atom stereocenters. The highest BCUT2D eigenvalue weighted by Crippen LogP contribution is 2.25. The van der Waals surface area contributed by atoms with Crippen LogP contribution in [-0.4, -0.2) is 27.6 Å². The molecule has 2 heterocycles. The fraction of sp³-hybridized carbons (Fsp3) is 0.200. The van der Waals surface area contributed by atoms with Crippen LogP contribution >= 0.6 is 11.6 Å². The number of rotatable bonds is 6. The van der Waals surface area contributed by atoms with E-state index in [1.807, 2.05) is 79.3 Å². The smallest absolute Gasteiger partial charge is 0.257 e. The number of benzene rings is 2. The van der Waals surface area contributed by atoms with Gasteiger partial charge in [0, 0.05) is 35.9 Å². The summed E-state index contributed by atoms with van der Waals surface area (Å²) in [5.41, 5.74) is 4.41. The molecule has 4 aromatic rings. The van der Waals surface area contributed by atoms with Gasteiger partial charge in [-0.15, -0.1) is 0 Å². The third-order valence-corrected chi connectivity index (χ3v) is 5.57. The van der Waals surface area contributed by atoms with Crippen LogP contribution in [0.3, 0.4) is 0 Å². The Morgan fingerprint density at radius 2 is 1.77 bits per heavy atom. The molecule has 158 valence electrons. The summed E-state index contributed by atoms with van der Waals surface area (Å²) in [6.07, 6.45) is 1.99. The molecule has 0 aliphatic carbocycles. The first-order valence-electron chi connectivity index (χ1n) is 10.1. The number of carbonyl (C=O) groups is 1. The minimum Gasteiger partial charge on any atom is -0.466 e. The van der Waals surface area contributed by atoms with E-state index in [2.05, 4.69) is 0 Å². The van der Waals surface area contributed by atoms with E-state index in [1.165, 1.54) is 0 Å². The Morgan fingerprint density at radius 1 is 1.06 bits per heavy atom. The molecule has 2 aromatic carbocycles. The van der Waals surface area contributed by atoms with Crippen molar-refractivity contribution in [1.29, 1.82) is 0 Å². The quantitative estimate of drug-likeness (QED) is 0.390. The van der Waals surface area contributed by atoms with Gasteiger partial charge in [-0.3, -0.25) is 9.48 Å². The second-order valence-corrected chi connectivity index (χ2v) is 8.05. The summed E-state index contributed by atoms with van der Waals surface area (Å²) in [4.78, 5) is 14.7. The van der Waals surface area contributed by atoms with Crippen LogP contribution in [-0.2, 0) is 13.1 Å². The lowest BCUT2D eigenvalue weighted by molar-refractivity contribution is 0.0783. The molecule has 0 unspecified atom stereocenters. The number of furan rings is 1. The third-order valence-electron chi connectivity index (χ3n) is 5.20. The fourth-order valence-electron chi connectivity index (χ4n) is 3.68. The number of aryl methyl sites for hydroxylation is 2. The van der Waals surface area contributed by atoms with Crippen LogP contribution < -0.4 is 0 Å². The van der Waals surface area contributed by atoms with Crippen molar-refractivity contribution in [3.8, 4) is 11.3 Å². The molecular formula is C25H24ClN3O2. The van der Waals surface area contributed by atoms with Gasteiger partial charge in [0.15, 0.2) is 0 Å². The molecule has 0 radical (unpaired) electrons. The van der Waals surface area contributed by atoms with Crippen molar-refractivity contribution >= 4 is 17.5 Å². The first-order valence-corrected chi connectivity index (χ1v) is 10.5. The zero-order valence-electron chi connectivity index (χ0n) is 17.8. The second kappa shape index (κ2) is 8.82. The third kappa shape index (κ3) is 4.57. The summed E-state index contributed by atoms with van der Waals surface area (Å²) in [5.74, 6) is 1.28. The van der Waals surface area contributed by atoms with Gasteiger partial charge >= 0.3 is 0 Å². The number of carbonyl (C=O) groups excluding carboxylic acids is 1. The van der Waals surface area contributed by atoms with E-state index in [0.29, 0.717) is 29.4 Å². The summed E-state index contributed by atoms with van der Waals surface area (Å²) in [5, 5.41) is 5.53. The molecule has 0 aliphatic heterocycles. The summed E-state index contributed by atoms with van der Waals surface area (Å²) in [6, 6.07) is 19.5. The Kier molecular flexibility index (Phi) is 5.96. The van der Waals surface area contributed by atoms with Crippen molar-refractivity contribution < 1.29 is 9.21 Å². The molecule has 0 bridgehead atoms. The van der Waals surface area contributed by atoms with E-state index < -0.39 is 0 Å².